The highest BCUT2D eigenvalue weighted by Gasteiger charge is 2.32. The molecule has 2 heterocycles. The highest BCUT2D eigenvalue weighted by Crippen LogP contribution is 2.16. The third-order valence-electron chi connectivity index (χ3n) is 7.11. The van der Waals surface area contributed by atoms with Gasteiger partial charge >= 0.3 is 0 Å². The van der Waals surface area contributed by atoms with Crippen molar-refractivity contribution in [3.63, 3.8) is 0 Å². The van der Waals surface area contributed by atoms with Crippen molar-refractivity contribution in [2.24, 2.45) is 0 Å². The minimum Gasteiger partial charge on any atom is -0.197 e. The number of aryl methyl sites for hydroxylation is 2. The molecule has 4 aromatic carbocycles. The molecule has 0 atom stereocenters. The van der Waals surface area contributed by atoms with Gasteiger partial charge in [-0.05, 0) is 62.4 Å². The van der Waals surface area contributed by atoms with Crippen LogP contribution in [0.2, 0.25) is 0 Å². The van der Waals surface area contributed by atoms with E-state index in [0.717, 1.165) is 46.0 Å². The van der Waals surface area contributed by atoms with Crippen molar-refractivity contribution < 1.29 is 9.13 Å². The quantitative estimate of drug-likeness (QED) is 0.279. The lowest BCUT2D eigenvalue weighted by molar-refractivity contribution is -0.624. The van der Waals surface area contributed by atoms with Crippen molar-refractivity contribution in [1.82, 2.24) is 19.6 Å². The topological polar surface area (TPSA) is 43.4 Å². The van der Waals surface area contributed by atoms with Crippen LogP contribution >= 0.6 is 0 Å². The van der Waals surface area contributed by atoms with E-state index in [0.29, 0.717) is 6.42 Å². The maximum atomic E-state index is 5.15. The van der Waals surface area contributed by atoms with Gasteiger partial charge in [-0.3, -0.25) is 0 Å². The fraction of sp³-hybridized carbons (Fsp3) is 0.152. The largest absolute Gasteiger partial charge is 0.293 e. The lowest BCUT2D eigenvalue weighted by Crippen LogP contribution is -2.41. The summed E-state index contributed by atoms with van der Waals surface area (Å²) in [4.78, 5) is 0. The molecule has 0 spiro atoms. The van der Waals surface area contributed by atoms with Crippen LogP contribution in [0.15, 0.2) is 109 Å². The molecule has 6 aromatic rings. The van der Waals surface area contributed by atoms with Gasteiger partial charge in [0.2, 0.25) is 11.6 Å². The Hall–Kier alpha value is -4.84. The Kier molecular flexibility index (Phi) is 6.37. The normalized spacial score (nSPS) is 11.2. The number of para-hydroxylation sites is 2. The molecule has 0 N–H and O–H groups in total. The highest BCUT2D eigenvalue weighted by atomic mass is 15.4. The summed E-state index contributed by atoms with van der Waals surface area (Å²) in [6.07, 6.45) is 0.545. The molecule has 6 rings (SSSR count). The minimum atomic E-state index is 0.545. The lowest BCUT2D eigenvalue weighted by atomic mass is 10.2. The van der Waals surface area contributed by atoms with E-state index >= 15 is 0 Å². The third-order valence-corrected chi connectivity index (χ3v) is 7.11. The summed E-state index contributed by atoms with van der Waals surface area (Å²) in [7, 11) is 0. The van der Waals surface area contributed by atoms with Crippen LogP contribution in [0.5, 0.6) is 0 Å². The summed E-state index contributed by atoms with van der Waals surface area (Å²) in [5, 5.41) is 10.3. The fourth-order valence-corrected chi connectivity index (χ4v) is 5.09. The van der Waals surface area contributed by atoms with Crippen molar-refractivity contribution in [2.75, 3.05) is 0 Å². The van der Waals surface area contributed by atoms with Gasteiger partial charge in [0, 0.05) is 24.0 Å². The third kappa shape index (κ3) is 4.66. The van der Waals surface area contributed by atoms with Crippen molar-refractivity contribution in [3.05, 3.63) is 144 Å². The Balaban J connectivity index is 1.55. The second kappa shape index (κ2) is 10.1. The number of hydrogen-bond acceptors (Lipinski definition) is 2. The zero-order valence-corrected chi connectivity index (χ0v) is 22.8. The first kappa shape index (κ1) is 24.5. The molecule has 0 bridgehead atoms. The molecule has 6 heteroatoms. The molecule has 0 aliphatic carbocycles. The van der Waals surface area contributed by atoms with Crippen LogP contribution in [-0.2, 0) is 6.42 Å². The Morgan fingerprint density at radius 3 is 1.21 bits per heavy atom. The number of hydrogen-bond donors (Lipinski definition) is 0. The first-order valence-corrected chi connectivity index (χ1v) is 13.3. The molecule has 0 amide bonds. The van der Waals surface area contributed by atoms with E-state index < -0.39 is 0 Å². The van der Waals surface area contributed by atoms with Crippen LogP contribution in [-0.4, -0.2) is 19.6 Å². The molecule has 39 heavy (non-hydrogen) atoms. The number of aromatic nitrogens is 6. The molecule has 0 radical (unpaired) electrons. The fourth-order valence-electron chi connectivity index (χ4n) is 5.09. The number of nitrogens with zero attached hydrogens (tertiary/aromatic N) is 6. The molecule has 0 aliphatic heterocycles. The van der Waals surface area contributed by atoms with Crippen molar-refractivity contribution in [2.45, 2.75) is 34.1 Å². The van der Waals surface area contributed by atoms with Gasteiger partial charge in [0.05, 0.1) is 0 Å². The summed E-state index contributed by atoms with van der Waals surface area (Å²) in [5.74, 6) is 3.89. The highest BCUT2D eigenvalue weighted by molar-refractivity contribution is 5.34. The molecule has 0 saturated carbocycles. The van der Waals surface area contributed by atoms with E-state index in [2.05, 4.69) is 110 Å². The standard InChI is InChI=1S/C33H32N6/c1-24-15-19-28(20-16-24)36-26(3)38(30-11-7-5-8-12-30)34-32(36)23-33-35-39(31-13-9-6-10-14-31)27(4)37(33)29-21-17-25(2)18-22-29/h5-22H,23H2,1-4H3/q+2. The summed E-state index contributed by atoms with van der Waals surface area (Å²) < 4.78 is 8.52. The predicted molar refractivity (Wildman–Crippen MR) is 152 cm³/mol. The van der Waals surface area contributed by atoms with Crippen LogP contribution in [0.1, 0.15) is 34.4 Å². The van der Waals surface area contributed by atoms with Crippen molar-refractivity contribution in [1.29, 1.82) is 0 Å². The average molecular weight is 513 g/mol. The van der Waals surface area contributed by atoms with Gasteiger partial charge in [-0.25, -0.2) is 0 Å². The van der Waals surface area contributed by atoms with E-state index in [4.69, 9.17) is 10.2 Å². The molecule has 2 aromatic heterocycles. The van der Waals surface area contributed by atoms with Crippen molar-refractivity contribution >= 4 is 0 Å². The first-order chi connectivity index (χ1) is 19.0. The second-order valence-corrected chi connectivity index (χ2v) is 9.94. The van der Waals surface area contributed by atoms with Gasteiger partial charge in [0.15, 0.2) is 0 Å². The smallest absolute Gasteiger partial charge is 0.197 e. The molecule has 0 saturated heterocycles. The minimum absolute atomic E-state index is 0.545. The monoisotopic (exact) mass is 512 g/mol. The summed E-state index contributed by atoms with van der Waals surface area (Å²) in [6.45, 7) is 8.45. The van der Waals surface area contributed by atoms with Gasteiger partial charge in [-0.15, -0.1) is 0 Å². The lowest BCUT2D eigenvalue weighted by Gasteiger charge is -2.04. The van der Waals surface area contributed by atoms with Gasteiger partial charge in [-0.2, -0.15) is 9.13 Å². The Labute approximate surface area is 229 Å². The predicted octanol–water partition coefficient (Wildman–Crippen LogP) is 5.44. The van der Waals surface area contributed by atoms with Crippen LogP contribution in [0.4, 0.5) is 0 Å². The van der Waals surface area contributed by atoms with Gasteiger partial charge in [0.1, 0.15) is 29.2 Å². The maximum absolute atomic E-state index is 5.15. The first-order valence-electron chi connectivity index (χ1n) is 13.3. The molecular weight excluding hydrogens is 480 g/mol. The maximum Gasteiger partial charge on any atom is 0.293 e. The van der Waals surface area contributed by atoms with E-state index in [9.17, 15) is 0 Å². The van der Waals surface area contributed by atoms with Crippen molar-refractivity contribution in [3.8, 4) is 22.7 Å². The number of benzene rings is 4. The van der Waals surface area contributed by atoms with Crippen LogP contribution in [0, 0.1) is 27.7 Å². The number of rotatable bonds is 6. The zero-order valence-electron chi connectivity index (χ0n) is 22.8. The van der Waals surface area contributed by atoms with E-state index in [1.807, 2.05) is 45.8 Å². The van der Waals surface area contributed by atoms with Gasteiger partial charge in [0.25, 0.3) is 11.6 Å². The Morgan fingerprint density at radius 2 is 0.846 bits per heavy atom. The molecule has 0 fully saturated rings. The molecule has 192 valence electrons. The van der Waals surface area contributed by atoms with E-state index in [-0.39, 0.29) is 0 Å². The SMILES string of the molecule is Cc1ccc(-[n+]2c(Cc3nn(-c4ccccc4)c(C)[n+]3-c3ccc(C)cc3)nn(-c3ccccc3)c2C)cc1. The summed E-state index contributed by atoms with van der Waals surface area (Å²) >= 11 is 0. The van der Waals surface area contributed by atoms with Crippen LogP contribution in [0.3, 0.4) is 0 Å². The summed E-state index contributed by atoms with van der Waals surface area (Å²) in [6, 6.07) is 37.8. The van der Waals surface area contributed by atoms with E-state index in [1.165, 1.54) is 11.1 Å². The van der Waals surface area contributed by atoms with Crippen LogP contribution < -0.4 is 9.13 Å². The molecule has 0 aliphatic rings. The Morgan fingerprint density at radius 1 is 0.487 bits per heavy atom. The Bertz CT molecular complexity index is 1600. The average Bonchev–Trinajstić information content (AvgIpc) is 3.46. The van der Waals surface area contributed by atoms with Gasteiger partial charge < -0.3 is 0 Å². The molecular formula is C33H32N6+2. The summed E-state index contributed by atoms with van der Waals surface area (Å²) in [5.41, 5.74) is 6.67. The van der Waals surface area contributed by atoms with Crippen LogP contribution in [0.25, 0.3) is 22.7 Å². The van der Waals surface area contributed by atoms with Gasteiger partial charge in [-0.1, -0.05) is 81.2 Å². The molecule has 6 nitrogen and oxygen atoms in total. The van der Waals surface area contributed by atoms with E-state index in [1.54, 1.807) is 0 Å². The second-order valence-electron chi connectivity index (χ2n) is 9.94. The zero-order chi connectivity index (χ0) is 26.9. The molecule has 0 unspecified atom stereocenters.